The lowest BCUT2D eigenvalue weighted by Gasteiger charge is -2.35. The van der Waals surface area contributed by atoms with Crippen LogP contribution in [0.5, 0.6) is 0 Å². The quantitative estimate of drug-likeness (QED) is 0.834. The molecule has 0 bridgehead atoms. The molecule has 134 valence electrons. The first-order valence-corrected chi connectivity index (χ1v) is 10.1. The fraction of sp³-hybridized carbons (Fsp3) is 0.833. The van der Waals surface area contributed by atoms with Gasteiger partial charge in [0.1, 0.15) is 0 Å². The van der Waals surface area contributed by atoms with E-state index >= 15 is 0 Å². The lowest BCUT2D eigenvalue weighted by atomic mass is 9.87. The van der Waals surface area contributed by atoms with Crippen molar-refractivity contribution in [2.45, 2.75) is 38.8 Å². The zero-order valence-electron chi connectivity index (χ0n) is 14.7. The monoisotopic (exact) mass is 351 g/mol. The average molecular weight is 352 g/mol. The van der Waals surface area contributed by atoms with Crippen molar-refractivity contribution in [1.29, 1.82) is 0 Å². The second-order valence-corrected chi connectivity index (χ2v) is 8.75. The highest BCUT2D eigenvalue weighted by molar-refractivity contribution is 7.09. The standard InChI is InChI=1S/C18H29N3O2S/c1-15-19-16(11-24-15)10-20-6-9-23-14-18(12-20)4-5-21(13-18)17-2-7-22-8-3-17/h11,17H,2-10,12-14H2,1H3. The minimum atomic E-state index is 0.305. The van der Waals surface area contributed by atoms with Crippen LogP contribution in [-0.2, 0) is 16.0 Å². The van der Waals surface area contributed by atoms with Crippen molar-refractivity contribution in [2.24, 2.45) is 5.41 Å². The van der Waals surface area contributed by atoms with Crippen molar-refractivity contribution in [3.63, 3.8) is 0 Å². The summed E-state index contributed by atoms with van der Waals surface area (Å²) in [6.45, 7) is 11.2. The molecule has 4 heterocycles. The Hall–Kier alpha value is -0.530. The molecule has 0 N–H and O–H groups in total. The molecule has 3 saturated heterocycles. The fourth-order valence-electron chi connectivity index (χ4n) is 4.50. The van der Waals surface area contributed by atoms with E-state index in [-0.39, 0.29) is 0 Å². The van der Waals surface area contributed by atoms with Crippen molar-refractivity contribution in [2.75, 3.05) is 52.6 Å². The van der Waals surface area contributed by atoms with E-state index in [1.165, 1.54) is 38.0 Å². The highest BCUT2D eigenvalue weighted by Crippen LogP contribution is 2.36. The van der Waals surface area contributed by atoms with Gasteiger partial charge in [0.15, 0.2) is 0 Å². The molecule has 3 fully saturated rings. The van der Waals surface area contributed by atoms with Crippen LogP contribution in [0.3, 0.4) is 0 Å². The van der Waals surface area contributed by atoms with Gasteiger partial charge in [-0.15, -0.1) is 11.3 Å². The van der Waals surface area contributed by atoms with Crippen LogP contribution >= 0.6 is 11.3 Å². The van der Waals surface area contributed by atoms with Gasteiger partial charge in [0, 0.05) is 56.2 Å². The van der Waals surface area contributed by atoms with Crippen LogP contribution in [0.1, 0.15) is 30.0 Å². The summed E-state index contributed by atoms with van der Waals surface area (Å²) in [5.41, 5.74) is 1.52. The Morgan fingerprint density at radius 1 is 1.21 bits per heavy atom. The zero-order chi connectivity index (χ0) is 16.4. The van der Waals surface area contributed by atoms with E-state index in [9.17, 15) is 0 Å². The second kappa shape index (κ2) is 7.38. The summed E-state index contributed by atoms with van der Waals surface area (Å²) in [6.07, 6.45) is 3.65. The number of likely N-dealkylation sites (tertiary alicyclic amines) is 1. The van der Waals surface area contributed by atoms with E-state index < -0.39 is 0 Å². The van der Waals surface area contributed by atoms with Crippen LogP contribution in [0.4, 0.5) is 0 Å². The Labute approximate surface area is 148 Å². The first-order valence-electron chi connectivity index (χ1n) is 9.25. The van der Waals surface area contributed by atoms with Gasteiger partial charge in [-0.05, 0) is 32.7 Å². The first kappa shape index (κ1) is 16.9. The molecule has 0 radical (unpaired) electrons. The van der Waals surface area contributed by atoms with E-state index in [4.69, 9.17) is 9.47 Å². The van der Waals surface area contributed by atoms with Gasteiger partial charge in [-0.3, -0.25) is 9.80 Å². The summed E-state index contributed by atoms with van der Waals surface area (Å²) < 4.78 is 11.6. The predicted octanol–water partition coefficient (Wildman–Crippen LogP) is 2.15. The molecule has 1 unspecified atom stereocenters. The molecule has 1 aromatic rings. The van der Waals surface area contributed by atoms with Crippen LogP contribution in [0.25, 0.3) is 0 Å². The smallest absolute Gasteiger partial charge is 0.0897 e. The highest BCUT2D eigenvalue weighted by atomic mass is 32.1. The number of aromatic nitrogens is 1. The molecule has 1 spiro atoms. The van der Waals surface area contributed by atoms with Crippen molar-refractivity contribution in [3.8, 4) is 0 Å². The number of hydrogen-bond donors (Lipinski definition) is 0. The van der Waals surface area contributed by atoms with E-state index in [0.717, 1.165) is 57.1 Å². The summed E-state index contributed by atoms with van der Waals surface area (Å²) in [6, 6.07) is 0.719. The Bertz CT molecular complexity index is 546. The van der Waals surface area contributed by atoms with Gasteiger partial charge >= 0.3 is 0 Å². The van der Waals surface area contributed by atoms with Gasteiger partial charge in [-0.25, -0.2) is 4.98 Å². The van der Waals surface area contributed by atoms with Crippen LogP contribution in [-0.4, -0.2) is 73.4 Å². The van der Waals surface area contributed by atoms with Gasteiger partial charge < -0.3 is 9.47 Å². The van der Waals surface area contributed by atoms with Crippen molar-refractivity contribution >= 4 is 11.3 Å². The molecule has 3 aliphatic rings. The normalized spacial score (nSPS) is 30.9. The molecule has 1 aromatic heterocycles. The largest absolute Gasteiger partial charge is 0.381 e. The van der Waals surface area contributed by atoms with Crippen LogP contribution in [0.2, 0.25) is 0 Å². The summed E-state index contributed by atoms with van der Waals surface area (Å²) in [7, 11) is 0. The molecule has 0 saturated carbocycles. The van der Waals surface area contributed by atoms with Crippen LogP contribution < -0.4 is 0 Å². The third kappa shape index (κ3) is 3.83. The zero-order valence-corrected chi connectivity index (χ0v) is 15.5. The first-order chi connectivity index (χ1) is 11.7. The van der Waals surface area contributed by atoms with E-state index in [1.54, 1.807) is 11.3 Å². The van der Waals surface area contributed by atoms with E-state index in [0.29, 0.717) is 5.41 Å². The lowest BCUT2D eigenvalue weighted by molar-refractivity contribution is 0.0284. The topological polar surface area (TPSA) is 37.8 Å². The number of nitrogens with zero attached hydrogens (tertiary/aromatic N) is 3. The van der Waals surface area contributed by atoms with Crippen molar-refractivity contribution in [3.05, 3.63) is 16.1 Å². The third-order valence-electron chi connectivity index (χ3n) is 5.75. The molecule has 0 aliphatic carbocycles. The molecule has 1 atom stereocenters. The number of rotatable bonds is 3. The maximum absolute atomic E-state index is 6.03. The van der Waals surface area contributed by atoms with Gasteiger partial charge in [0.05, 0.1) is 23.9 Å². The number of ether oxygens (including phenoxy) is 2. The van der Waals surface area contributed by atoms with Crippen LogP contribution in [0, 0.1) is 12.3 Å². The Balaban J connectivity index is 1.40. The van der Waals surface area contributed by atoms with Gasteiger partial charge in [0.2, 0.25) is 0 Å². The van der Waals surface area contributed by atoms with Gasteiger partial charge in [-0.2, -0.15) is 0 Å². The number of aryl methyl sites for hydroxylation is 1. The minimum absolute atomic E-state index is 0.305. The molecule has 3 aliphatic heterocycles. The second-order valence-electron chi connectivity index (χ2n) is 7.69. The average Bonchev–Trinajstić information content (AvgIpc) is 3.13. The van der Waals surface area contributed by atoms with Gasteiger partial charge in [-0.1, -0.05) is 0 Å². The molecule has 0 aromatic carbocycles. The summed E-state index contributed by atoms with van der Waals surface area (Å²) in [5, 5.41) is 3.37. The molecular weight excluding hydrogens is 322 g/mol. The molecule has 4 rings (SSSR count). The lowest BCUT2D eigenvalue weighted by Crippen LogP contribution is -2.43. The summed E-state index contributed by atoms with van der Waals surface area (Å²) in [5.74, 6) is 0. The number of hydrogen-bond acceptors (Lipinski definition) is 6. The molecule has 6 heteroatoms. The van der Waals surface area contributed by atoms with E-state index in [2.05, 4.69) is 27.1 Å². The highest BCUT2D eigenvalue weighted by Gasteiger charge is 2.43. The maximum atomic E-state index is 6.03. The molecular formula is C18H29N3O2S. The Morgan fingerprint density at radius 2 is 2.08 bits per heavy atom. The number of thiazole rings is 1. The van der Waals surface area contributed by atoms with Crippen LogP contribution in [0.15, 0.2) is 5.38 Å². The molecule has 5 nitrogen and oxygen atoms in total. The SMILES string of the molecule is Cc1nc(CN2CCOCC3(CCN(C4CCOCC4)C3)C2)cs1. The summed E-state index contributed by atoms with van der Waals surface area (Å²) >= 11 is 1.75. The van der Waals surface area contributed by atoms with Crippen molar-refractivity contribution < 1.29 is 9.47 Å². The third-order valence-corrected chi connectivity index (χ3v) is 6.57. The Morgan fingerprint density at radius 3 is 2.88 bits per heavy atom. The predicted molar refractivity (Wildman–Crippen MR) is 95.4 cm³/mol. The molecule has 0 amide bonds. The maximum Gasteiger partial charge on any atom is 0.0897 e. The van der Waals surface area contributed by atoms with E-state index in [1.807, 2.05) is 0 Å². The molecule has 24 heavy (non-hydrogen) atoms. The minimum Gasteiger partial charge on any atom is -0.381 e. The fourth-order valence-corrected chi connectivity index (χ4v) is 5.11. The van der Waals surface area contributed by atoms with Crippen molar-refractivity contribution in [1.82, 2.24) is 14.8 Å². The summed E-state index contributed by atoms with van der Waals surface area (Å²) in [4.78, 5) is 9.93. The van der Waals surface area contributed by atoms with Gasteiger partial charge in [0.25, 0.3) is 0 Å². The Kier molecular flexibility index (Phi) is 5.20.